The molecule has 0 aromatic rings. The van der Waals surface area contributed by atoms with Gasteiger partial charge in [-0.2, -0.15) is 0 Å². The Labute approximate surface area is 80.8 Å². The molecule has 0 spiro atoms. The summed E-state index contributed by atoms with van der Waals surface area (Å²) < 4.78 is 5.85. The van der Waals surface area contributed by atoms with E-state index in [2.05, 4.69) is 13.8 Å². The SMILES string of the molecule is CC(C)(N)C1(C2CCCCO2)CC1. The Morgan fingerprint density at radius 2 is 2.00 bits per heavy atom. The van der Waals surface area contributed by atoms with Crippen LogP contribution in [0.5, 0.6) is 0 Å². The topological polar surface area (TPSA) is 35.2 Å². The van der Waals surface area contributed by atoms with Crippen LogP contribution in [-0.2, 0) is 4.74 Å². The Morgan fingerprint density at radius 1 is 1.31 bits per heavy atom. The number of rotatable bonds is 2. The molecule has 0 aromatic carbocycles. The van der Waals surface area contributed by atoms with Gasteiger partial charge in [0.2, 0.25) is 0 Å². The maximum Gasteiger partial charge on any atom is 0.0648 e. The zero-order valence-electron chi connectivity index (χ0n) is 8.81. The molecule has 76 valence electrons. The zero-order chi connectivity index (χ0) is 9.53. The lowest BCUT2D eigenvalue weighted by Gasteiger charge is -2.39. The van der Waals surface area contributed by atoms with Gasteiger partial charge in [-0.05, 0) is 46.0 Å². The van der Waals surface area contributed by atoms with E-state index in [1.54, 1.807) is 0 Å². The number of nitrogens with two attached hydrogens (primary N) is 1. The van der Waals surface area contributed by atoms with E-state index in [1.807, 2.05) is 0 Å². The first kappa shape index (κ1) is 9.47. The molecule has 2 heteroatoms. The molecule has 0 aromatic heterocycles. The fraction of sp³-hybridized carbons (Fsp3) is 1.00. The van der Waals surface area contributed by atoms with E-state index in [-0.39, 0.29) is 5.54 Å². The van der Waals surface area contributed by atoms with Crippen LogP contribution in [0.2, 0.25) is 0 Å². The van der Waals surface area contributed by atoms with Gasteiger partial charge in [-0.3, -0.25) is 0 Å². The van der Waals surface area contributed by atoms with Crippen molar-refractivity contribution in [3.05, 3.63) is 0 Å². The van der Waals surface area contributed by atoms with Crippen LogP contribution in [0.1, 0.15) is 46.0 Å². The van der Waals surface area contributed by atoms with Gasteiger partial charge >= 0.3 is 0 Å². The number of ether oxygens (including phenoxy) is 1. The van der Waals surface area contributed by atoms with Crippen LogP contribution in [0, 0.1) is 5.41 Å². The molecule has 1 saturated carbocycles. The molecule has 0 bridgehead atoms. The van der Waals surface area contributed by atoms with Crippen LogP contribution in [0.4, 0.5) is 0 Å². The minimum atomic E-state index is -0.0605. The van der Waals surface area contributed by atoms with E-state index < -0.39 is 0 Å². The van der Waals surface area contributed by atoms with E-state index >= 15 is 0 Å². The molecule has 1 unspecified atom stereocenters. The lowest BCUT2D eigenvalue weighted by Crippen LogP contribution is -2.50. The Hall–Kier alpha value is -0.0800. The quantitative estimate of drug-likeness (QED) is 0.711. The summed E-state index contributed by atoms with van der Waals surface area (Å²) in [6.45, 7) is 5.25. The van der Waals surface area contributed by atoms with Crippen LogP contribution >= 0.6 is 0 Å². The second-order valence-electron chi connectivity index (χ2n) is 5.23. The highest BCUT2D eigenvalue weighted by atomic mass is 16.5. The summed E-state index contributed by atoms with van der Waals surface area (Å²) in [5.74, 6) is 0. The fourth-order valence-corrected chi connectivity index (χ4v) is 2.69. The number of hydrogen-bond donors (Lipinski definition) is 1. The van der Waals surface area contributed by atoms with Crippen LogP contribution in [0.25, 0.3) is 0 Å². The first-order valence-electron chi connectivity index (χ1n) is 5.47. The van der Waals surface area contributed by atoms with E-state index in [0.717, 1.165) is 6.61 Å². The lowest BCUT2D eigenvalue weighted by molar-refractivity contribution is -0.0503. The second-order valence-corrected chi connectivity index (χ2v) is 5.23. The lowest BCUT2D eigenvalue weighted by atomic mass is 9.78. The van der Waals surface area contributed by atoms with Crippen LogP contribution in [0.15, 0.2) is 0 Å². The summed E-state index contributed by atoms with van der Waals surface area (Å²) in [7, 11) is 0. The Bertz CT molecular complexity index is 185. The molecule has 1 aliphatic heterocycles. The van der Waals surface area contributed by atoms with Crippen molar-refractivity contribution in [1.82, 2.24) is 0 Å². The van der Waals surface area contributed by atoms with Gasteiger partial charge in [0, 0.05) is 17.6 Å². The van der Waals surface area contributed by atoms with E-state index in [1.165, 1.54) is 32.1 Å². The van der Waals surface area contributed by atoms with Gasteiger partial charge < -0.3 is 10.5 Å². The third kappa shape index (κ3) is 1.50. The molecular weight excluding hydrogens is 162 g/mol. The summed E-state index contributed by atoms with van der Waals surface area (Å²) in [5.41, 5.74) is 6.48. The molecule has 1 saturated heterocycles. The highest BCUT2D eigenvalue weighted by Gasteiger charge is 2.58. The van der Waals surface area contributed by atoms with Gasteiger partial charge in [0.15, 0.2) is 0 Å². The standard InChI is InChI=1S/C11H21NO/c1-10(2,12)11(6-7-11)9-5-3-4-8-13-9/h9H,3-8,12H2,1-2H3. The molecule has 13 heavy (non-hydrogen) atoms. The average Bonchev–Trinajstić information content (AvgIpc) is 2.84. The van der Waals surface area contributed by atoms with Crippen molar-refractivity contribution in [1.29, 1.82) is 0 Å². The van der Waals surface area contributed by atoms with Gasteiger partial charge in [-0.25, -0.2) is 0 Å². The Kier molecular flexibility index (Phi) is 2.16. The van der Waals surface area contributed by atoms with E-state index in [0.29, 0.717) is 11.5 Å². The molecule has 0 amide bonds. The average molecular weight is 183 g/mol. The van der Waals surface area contributed by atoms with Crippen LogP contribution in [-0.4, -0.2) is 18.2 Å². The van der Waals surface area contributed by atoms with E-state index in [9.17, 15) is 0 Å². The predicted octanol–water partition coefficient (Wildman–Crippen LogP) is 2.07. The fourth-order valence-electron chi connectivity index (χ4n) is 2.69. The summed E-state index contributed by atoms with van der Waals surface area (Å²) in [6.07, 6.45) is 6.75. The van der Waals surface area contributed by atoms with Crippen molar-refractivity contribution >= 4 is 0 Å². The summed E-state index contributed by atoms with van der Waals surface area (Å²) >= 11 is 0. The van der Waals surface area contributed by atoms with Crippen molar-refractivity contribution in [3.63, 3.8) is 0 Å². The monoisotopic (exact) mass is 183 g/mol. The molecule has 0 radical (unpaired) electrons. The molecular formula is C11H21NO. The van der Waals surface area contributed by atoms with Crippen LogP contribution < -0.4 is 5.73 Å². The van der Waals surface area contributed by atoms with Crippen molar-refractivity contribution in [2.45, 2.75) is 57.6 Å². The van der Waals surface area contributed by atoms with Crippen LogP contribution in [0.3, 0.4) is 0 Å². The molecule has 2 N–H and O–H groups in total. The van der Waals surface area contributed by atoms with Gasteiger partial charge in [0.1, 0.15) is 0 Å². The Balaban J connectivity index is 2.06. The smallest absolute Gasteiger partial charge is 0.0648 e. The van der Waals surface area contributed by atoms with Gasteiger partial charge in [0.25, 0.3) is 0 Å². The third-order valence-electron chi connectivity index (χ3n) is 3.87. The summed E-state index contributed by atoms with van der Waals surface area (Å²) in [6, 6.07) is 0. The molecule has 1 atom stereocenters. The summed E-state index contributed by atoms with van der Waals surface area (Å²) in [4.78, 5) is 0. The van der Waals surface area contributed by atoms with Crippen molar-refractivity contribution in [3.8, 4) is 0 Å². The normalized spacial score (nSPS) is 33.0. The highest BCUT2D eigenvalue weighted by molar-refractivity contribution is 5.11. The molecule has 2 nitrogen and oxygen atoms in total. The first-order chi connectivity index (χ1) is 6.06. The molecule has 2 fully saturated rings. The minimum absolute atomic E-state index is 0.0605. The van der Waals surface area contributed by atoms with Gasteiger partial charge in [0.05, 0.1) is 6.10 Å². The van der Waals surface area contributed by atoms with E-state index in [4.69, 9.17) is 10.5 Å². The van der Waals surface area contributed by atoms with Crippen molar-refractivity contribution in [2.24, 2.45) is 11.1 Å². The number of hydrogen-bond acceptors (Lipinski definition) is 2. The maximum absolute atomic E-state index is 6.23. The van der Waals surface area contributed by atoms with Gasteiger partial charge in [-0.15, -0.1) is 0 Å². The van der Waals surface area contributed by atoms with Crippen molar-refractivity contribution < 1.29 is 4.74 Å². The summed E-state index contributed by atoms with van der Waals surface area (Å²) in [5, 5.41) is 0. The molecule has 2 rings (SSSR count). The first-order valence-corrected chi connectivity index (χ1v) is 5.47. The zero-order valence-corrected chi connectivity index (χ0v) is 8.81. The van der Waals surface area contributed by atoms with Gasteiger partial charge in [-0.1, -0.05) is 0 Å². The highest BCUT2D eigenvalue weighted by Crippen LogP contribution is 2.58. The largest absolute Gasteiger partial charge is 0.378 e. The maximum atomic E-state index is 6.23. The molecule has 1 aliphatic carbocycles. The third-order valence-corrected chi connectivity index (χ3v) is 3.87. The van der Waals surface area contributed by atoms with Crippen molar-refractivity contribution in [2.75, 3.05) is 6.61 Å². The molecule has 1 heterocycles. The molecule has 2 aliphatic rings. The minimum Gasteiger partial charge on any atom is -0.378 e. The second kappa shape index (κ2) is 2.96. The Morgan fingerprint density at radius 3 is 2.38 bits per heavy atom. The predicted molar refractivity (Wildman–Crippen MR) is 53.5 cm³/mol.